The van der Waals surface area contributed by atoms with E-state index in [-0.39, 0.29) is 0 Å². The van der Waals surface area contributed by atoms with Gasteiger partial charge in [-0.1, -0.05) is 30.3 Å². The molecule has 2 rings (SSSR count). The van der Waals surface area contributed by atoms with Crippen LogP contribution in [-0.2, 0) is 0 Å². The van der Waals surface area contributed by atoms with Crippen molar-refractivity contribution in [3.8, 4) is 0 Å². The Kier molecular flexibility index (Phi) is 4.75. The number of rotatable bonds is 5. The number of hydrogen-bond donors (Lipinski definition) is 1. The van der Waals surface area contributed by atoms with Crippen LogP contribution in [-0.4, -0.2) is 49.1 Å². The molecule has 0 aliphatic carbocycles. The highest BCUT2D eigenvalue weighted by molar-refractivity contribution is 5.18. The van der Waals surface area contributed by atoms with Crippen molar-refractivity contribution in [2.24, 2.45) is 5.73 Å². The number of hydrogen-bond acceptors (Lipinski definition) is 3. The summed E-state index contributed by atoms with van der Waals surface area (Å²) in [5.74, 6) is 0. The molecular formula is C15H25N3. The molecule has 1 saturated heterocycles. The van der Waals surface area contributed by atoms with Crippen molar-refractivity contribution in [1.29, 1.82) is 0 Å². The SMILES string of the molecule is CC(c1ccccc1)N1CCC(N(C)CCN)C1. The van der Waals surface area contributed by atoms with E-state index in [1.807, 2.05) is 0 Å². The zero-order valence-electron chi connectivity index (χ0n) is 11.5. The maximum atomic E-state index is 5.63. The molecule has 3 nitrogen and oxygen atoms in total. The molecule has 3 heteroatoms. The van der Waals surface area contributed by atoms with Crippen LogP contribution in [0.25, 0.3) is 0 Å². The van der Waals surface area contributed by atoms with E-state index < -0.39 is 0 Å². The van der Waals surface area contributed by atoms with Crippen molar-refractivity contribution in [3.63, 3.8) is 0 Å². The Morgan fingerprint density at radius 2 is 2.11 bits per heavy atom. The van der Waals surface area contributed by atoms with Gasteiger partial charge < -0.3 is 10.6 Å². The predicted octanol–water partition coefficient (Wildman–Crippen LogP) is 1.71. The molecule has 1 fully saturated rings. The normalized spacial score (nSPS) is 22.6. The third-order valence-corrected chi connectivity index (χ3v) is 4.13. The summed E-state index contributed by atoms with van der Waals surface area (Å²) in [5, 5.41) is 0. The Hall–Kier alpha value is -0.900. The third kappa shape index (κ3) is 3.10. The summed E-state index contributed by atoms with van der Waals surface area (Å²) in [6, 6.07) is 12.0. The van der Waals surface area contributed by atoms with E-state index in [0.717, 1.165) is 19.6 Å². The Morgan fingerprint density at radius 3 is 2.78 bits per heavy atom. The number of nitrogens with zero attached hydrogens (tertiary/aromatic N) is 2. The average Bonchev–Trinajstić information content (AvgIpc) is 2.89. The molecule has 2 atom stereocenters. The zero-order chi connectivity index (χ0) is 13.0. The monoisotopic (exact) mass is 247 g/mol. The van der Waals surface area contributed by atoms with Crippen molar-refractivity contribution in [3.05, 3.63) is 35.9 Å². The quantitative estimate of drug-likeness (QED) is 0.860. The molecule has 100 valence electrons. The first-order valence-electron chi connectivity index (χ1n) is 6.91. The van der Waals surface area contributed by atoms with E-state index in [0.29, 0.717) is 12.1 Å². The van der Waals surface area contributed by atoms with Crippen LogP contribution >= 0.6 is 0 Å². The Balaban J connectivity index is 1.92. The van der Waals surface area contributed by atoms with Crippen molar-refractivity contribution >= 4 is 0 Å². The molecule has 0 saturated carbocycles. The summed E-state index contributed by atoms with van der Waals surface area (Å²) >= 11 is 0. The summed E-state index contributed by atoms with van der Waals surface area (Å²) in [5.41, 5.74) is 7.04. The van der Waals surface area contributed by atoms with E-state index in [1.165, 1.54) is 18.5 Å². The molecule has 2 unspecified atom stereocenters. The fourth-order valence-electron chi connectivity index (χ4n) is 2.81. The minimum Gasteiger partial charge on any atom is -0.329 e. The first-order chi connectivity index (χ1) is 8.72. The average molecular weight is 247 g/mol. The lowest BCUT2D eigenvalue weighted by Gasteiger charge is -2.27. The van der Waals surface area contributed by atoms with Crippen LogP contribution in [0.5, 0.6) is 0 Å². The van der Waals surface area contributed by atoms with Gasteiger partial charge in [-0.25, -0.2) is 0 Å². The highest BCUT2D eigenvalue weighted by atomic mass is 15.3. The molecule has 1 aromatic carbocycles. The van der Waals surface area contributed by atoms with Crippen LogP contribution in [0.4, 0.5) is 0 Å². The summed E-state index contributed by atoms with van der Waals surface area (Å²) < 4.78 is 0. The summed E-state index contributed by atoms with van der Waals surface area (Å²) in [6.07, 6.45) is 1.26. The van der Waals surface area contributed by atoms with E-state index >= 15 is 0 Å². The number of likely N-dealkylation sites (tertiary alicyclic amines) is 1. The molecule has 0 amide bonds. The van der Waals surface area contributed by atoms with Crippen LogP contribution in [0.15, 0.2) is 30.3 Å². The van der Waals surface area contributed by atoms with Crippen LogP contribution in [0.3, 0.4) is 0 Å². The summed E-state index contributed by atoms with van der Waals surface area (Å²) in [7, 11) is 2.19. The molecule has 2 N–H and O–H groups in total. The minimum atomic E-state index is 0.516. The Bertz CT molecular complexity index is 352. The van der Waals surface area contributed by atoms with Gasteiger partial charge >= 0.3 is 0 Å². The molecule has 1 aliphatic heterocycles. The molecule has 1 aromatic rings. The zero-order valence-corrected chi connectivity index (χ0v) is 11.5. The Morgan fingerprint density at radius 1 is 1.39 bits per heavy atom. The molecule has 1 heterocycles. The van der Waals surface area contributed by atoms with Crippen molar-refractivity contribution in [2.75, 3.05) is 33.2 Å². The van der Waals surface area contributed by atoms with Crippen LogP contribution in [0.2, 0.25) is 0 Å². The lowest BCUT2D eigenvalue weighted by atomic mass is 10.1. The standard InChI is InChI=1S/C15H25N3/c1-13(14-6-4-3-5-7-14)18-10-8-15(12-18)17(2)11-9-16/h3-7,13,15H,8-12,16H2,1-2H3. The van der Waals surface area contributed by atoms with Crippen molar-refractivity contribution in [1.82, 2.24) is 9.80 Å². The molecule has 0 radical (unpaired) electrons. The van der Waals surface area contributed by atoms with E-state index in [1.54, 1.807) is 0 Å². The second-order valence-electron chi connectivity index (χ2n) is 5.29. The maximum absolute atomic E-state index is 5.63. The van der Waals surface area contributed by atoms with E-state index in [2.05, 4.69) is 54.1 Å². The number of likely N-dealkylation sites (N-methyl/N-ethyl adjacent to an activating group) is 1. The summed E-state index contributed by atoms with van der Waals surface area (Å²) in [6.45, 7) is 6.41. The van der Waals surface area contributed by atoms with Gasteiger partial charge in [0.05, 0.1) is 0 Å². The first kappa shape index (κ1) is 13.5. The van der Waals surface area contributed by atoms with Gasteiger partial charge in [0.2, 0.25) is 0 Å². The van der Waals surface area contributed by atoms with Crippen molar-refractivity contribution in [2.45, 2.75) is 25.4 Å². The van der Waals surface area contributed by atoms with Gasteiger partial charge in [0.1, 0.15) is 0 Å². The van der Waals surface area contributed by atoms with Gasteiger partial charge in [-0.3, -0.25) is 4.90 Å². The number of benzene rings is 1. The fourth-order valence-corrected chi connectivity index (χ4v) is 2.81. The molecular weight excluding hydrogens is 222 g/mol. The molecule has 0 bridgehead atoms. The van der Waals surface area contributed by atoms with Crippen LogP contribution in [0.1, 0.15) is 24.9 Å². The predicted molar refractivity (Wildman–Crippen MR) is 76.5 cm³/mol. The highest BCUT2D eigenvalue weighted by Crippen LogP contribution is 2.25. The van der Waals surface area contributed by atoms with Gasteiger partial charge in [-0.15, -0.1) is 0 Å². The Labute approximate surface area is 111 Å². The molecule has 0 spiro atoms. The minimum absolute atomic E-state index is 0.516. The highest BCUT2D eigenvalue weighted by Gasteiger charge is 2.28. The van der Waals surface area contributed by atoms with Crippen LogP contribution < -0.4 is 5.73 Å². The van der Waals surface area contributed by atoms with Crippen LogP contribution in [0, 0.1) is 0 Å². The van der Waals surface area contributed by atoms with E-state index in [9.17, 15) is 0 Å². The van der Waals surface area contributed by atoms with Crippen molar-refractivity contribution < 1.29 is 0 Å². The third-order valence-electron chi connectivity index (χ3n) is 4.13. The number of nitrogens with two attached hydrogens (primary N) is 1. The maximum Gasteiger partial charge on any atom is 0.0320 e. The fraction of sp³-hybridized carbons (Fsp3) is 0.600. The second kappa shape index (κ2) is 6.32. The van der Waals surface area contributed by atoms with E-state index in [4.69, 9.17) is 5.73 Å². The molecule has 0 aromatic heterocycles. The van der Waals surface area contributed by atoms with Gasteiger partial charge in [-0.05, 0) is 26.0 Å². The molecule has 18 heavy (non-hydrogen) atoms. The van der Waals surface area contributed by atoms with Gasteiger partial charge in [0.25, 0.3) is 0 Å². The smallest absolute Gasteiger partial charge is 0.0320 e. The lowest BCUT2D eigenvalue weighted by molar-refractivity contribution is 0.211. The second-order valence-corrected chi connectivity index (χ2v) is 5.29. The largest absolute Gasteiger partial charge is 0.329 e. The van der Waals surface area contributed by atoms with Gasteiger partial charge in [0.15, 0.2) is 0 Å². The van der Waals surface area contributed by atoms with Gasteiger partial charge in [0, 0.05) is 38.3 Å². The topological polar surface area (TPSA) is 32.5 Å². The summed E-state index contributed by atoms with van der Waals surface area (Å²) in [4.78, 5) is 4.98. The first-order valence-corrected chi connectivity index (χ1v) is 6.91. The lowest BCUT2D eigenvalue weighted by Crippen LogP contribution is -2.38. The van der Waals surface area contributed by atoms with Gasteiger partial charge in [-0.2, -0.15) is 0 Å². The molecule has 1 aliphatic rings.